The number of hydrogen-bond donors (Lipinski definition) is 0. The summed E-state index contributed by atoms with van der Waals surface area (Å²) in [6.07, 6.45) is 9.38. The summed E-state index contributed by atoms with van der Waals surface area (Å²) in [6.45, 7) is 2.15. The molecule has 3 nitrogen and oxygen atoms in total. The summed E-state index contributed by atoms with van der Waals surface area (Å²) in [5.41, 5.74) is 8.22. The van der Waals surface area contributed by atoms with E-state index in [-0.39, 0.29) is 0 Å². The third kappa shape index (κ3) is 3.81. The largest absolute Gasteiger partial charge is 0.455 e. The van der Waals surface area contributed by atoms with Gasteiger partial charge in [0.25, 0.3) is 0 Å². The molecule has 0 spiro atoms. The van der Waals surface area contributed by atoms with E-state index in [9.17, 15) is 0 Å². The highest BCUT2D eigenvalue weighted by molar-refractivity contribution is 6.13. The molecule has 1 aliphatic carbocycles. The standard InChI is InChI=1S/C34H31N2O/c1-22-12-14-28-29-18-24-10-6-7-11-25(24)20-32(29)37-34(28)33(22)31-19-26(16-17-36(31)2)30-15-13-27(21-35-30)23-8-4-3-5-9-23/h6-7,10-21,23H,3-5,8-9H2,1-2H3/q+1/i23D. The van der Waals surface area contributed by atoms with Gasteiger partial charge in [0.1, 0.15) is 18.2 Å². The van der Waals surface area contributed by atoms with Crippen molar-refractivity contribution in [2.24, 2.45) is 7.05 Å². The summed E-state index contributed by atoms with van der Waals surface area (Å²) in [7, 11) is 2.08. The maximum Gasteiger partial charge on any atom is 0.217 e. The average Bonchev–Trinajstić information content (AvgIpc) is 3.30. The third-order valence-electron chi connectivity index (χ3n) is 8.05. The van der Waals surface area contributed by atoms with Crippen molar-refractivity contribution in [1.82, 2.24) is 4.98 Å². The van der Waals surface area contributed by atoms with Crippen molar-refractivity contribution in [1.29, 1.82) is 0 Å². The third-order valence-corrected chi connectivity index (χ3v) is 8.05. The second-order valence-corrected chi connectivity index (χ2v) is 10.4. The molecule has 0 bridgehead atoms. The number of furan rings is 1. The van der Waals surface area contributed by atoms with Crippen LogP contribution in [0.1, 0.15) is 50.5 Å². The molecule has 0 amide bonds. The Kier molecular flexibility index (Phi) is 5.05. The van der Waals surface area contributed by atoms with Gasteiger partial charge in [0.15, 0.2) is 6.20 Å². The summed E-state index contributed by atoms with van der Waals surface area (Å²) in [6, 6.07) is 25.7. The van der Waals surface area contributed by atoms with Crippen LogP contribution in [0.4, 0.5) is 0 Å². The number of aryl methyl sites for hydroxylation is 2. The van der Waals surface area contributed by atoms with Crippen molar-refractivity contribution >= 4 is 32.7 Å². The molecule has 0 atom stereocenters. The molecule has 6 aromatic rings. The Balaban J connectivity index is 1.35. The topological polar surface area (TPSA) is 29.9 Å². The van der Waals surface area contributed by atoms with E-state index in [2.05, 4.69) is 97.5 Å². The lowest BCUT2D eigenvalue weighted by molar-refractivity contribution is -0.660. The molecule has 3 heterocycles. The fourth-order valence-corrected chi connectivity index (χ4v) is 5.96. The van der Waals surface area contributed by atoms with Crippen molar-refractivity contribution < 1.29 is 10.4 Å². The molecule has 0 unspecified atom stereocenters. The Morgan fingerprint density at radius 2 is 1.70 bits per heavy atom. The van der Waals surface area contributed by atoms with Gasteiger partial charge in [0.05, 0.1) is 11.3 Å². The van der Waals surface area contributed by atoms with Gasteiger partial charge in [-0.25, -0.2) is 4.57 Å². The number of nitrogens with zero attached hydrogens (tertiary/aromatic N) is 2. The van der Waals surface area contributed by atoms with Crippen molar-refractivity contribution in [3.63, 3.8) is 0 Å². The van der Waals surface area contributed by atoms with Gasteiger partial charge in [0, 0.05) is 36.0 Å². The molecule has 0 aliphatic heterocycles. The number of pyridine rings is 2. The van der Waals surface area contributed by atoms with Gasteiger partial charge < -0.3 is 4.42 Å². The number of benzene rings is 3. The fourth-order valence-electron chi connectivity index (χ4n) is 5.96. The summed E-state index contributed by atoms with van der Waals surface area (Å²) in [5.74, 6) is -0.489. The van der Waals surface area contributed by atoms with Gasteiger partial charge in [-0.15, -0.1) is 0 Å². The molecule has 7 rings (SSSR count). The Labute approximate surface area is 218 Å². The van der Waals surface area contributed by atoms with Gasteiger partial charge in [-0.3, -0.25) is 4.98 Å². The van der Waals surface area contributed by atoms with Gasteiger partial charge in [-0.2, -0.15) is 0 Å². The fraction of sp³-hybridized carbons (Fsp3) is 0.235. The second-order valence-electron chi connectivity index (χ2n) is 10.4. The first-order valence-electron chi connectivity index (χ1n) is 13.8. The highest BCUT2D eigenvalue weighted by Gasteiger charge is 2.22. The highest BCUT2D eigenvalue weighted by Crippen LogP contribution is 2.39. The van der Waals surface area contributed by atoms with Gasteiger partial charge >= 0.3 is 0 Å². The first kappa shape index (κ1) is 21.1. The van der Waals surface area contributed by atoms with E-state index in [0.717, 1.165) is 75.7 Å². The smallest absolute Gasteiger partial charge is 0.217 e. The predicted octanol–water partition coefficient (Wildman–Crippen LogP) is 8.65. The molecular formula is C34H31N2O+. The lowest BCUT2D eigenvalue weighted by atomic mass is 9.85. The number of fused-ring (bicyclic) bond motifs is 4. The van der Waals surface area contributed by atoms with E-state index in [4.69, 9.17) is 10.8 Å². The lowest BCUT2D eigenvalue weighted by Crippen LogP contribution is -2.30. The van der Waals surface area contributed by atoms with Crippen LogP contribution in [-0.2, 0) is 7.05 Å². The number of aromatic nitrogens is 2. The second kappa shape index (κ2) is 8.85. The first-order chi connectivity index (χ1) is 18.5. The Morgan fingerprint density at radius 1 is 0.892 bits per heavy atom. The quantitative estimate of drug-likeness (QED) is 0.235. The zero-order valence-corrected chi connectivity index (χ0v) is 21.4. The summed E-state index contributed by atoms with van der Waals surface area (Å²) in [4.78, 5) is 4.83. The SMILES string of the molecule is [2H]C1(c2ccc(-c3cc[n+](C)c(-c4c(C)ccc5c4oc4cc6ccccc6cc45)c3)nc2)CCCCC1. The molecule has 182 valence electrons. The number of rotatable bonds is 3. The summed E-state index contributed by atoms with van der Waals surface area (Å²) < 4.78 is 17.7. The monoisotopic (exact) mass is 484 g/mol. The minimum absolute atomic E-state index is 0.489. The first-order valence-corrected chi connectivity index (χ1v) is 13.3. The zero-order valence-electron chi connectivity index (χ0n) is 22.4. The van der Waals surface area contributed by atoms with Crippen molar-refractivity contribution in [2.45, 2.75) is 44.9 Å². The maximum absolute atomic E-state index is 8.95. The molecule has 1 saturated carbocycles. The Morgan fingerprint density at radius 3 is 2.49 bits per heavy atom. The van der Waals surface area contributed by atoms with E-state index < -0.39 is 5.89 Å². The molecule has 0 radical (unpaired) electrons. The molecule has 0 saturated heterocycles. The summed E-state index contributed by atoms with van der Waals surface area (Å²) in [5, 5.41) is 4.67. The molecule has 0 N–H and O–H groups in total. The molecule has 3 aromatic carbocycles. The summed E-state index contributed by atoms with van der Waals surface area (Å²) >= 11 is 0. The van der Waals surface area contributed by atoms with E-state index in [0.29, 0.717) is 0 Å². The van der Waals surface area contributed by atoms with E-state index >= 15 is 0 Å². The highest BCUT2D eigenvalue weighted by atomic mass is 16.3. The predicted molar refractivity (Wildman–Crippen MR) is 152 cm³/mol. The van der Waals surface area contributed by atoms with Crippen molar-refractivity contribution in [3.8, 4) is 22.5 Å². The minimum atomic E-state index is -0.489. The van der Waals surface area contributed by atoms with Crippen LogP contribution in [0.3, 0.4) is 0 Å². The molecule has 37 heavy (non-hydrogen) atoms. The molecule has 3 aromatic heterocycles. The van der Waals surface area contributed by atoms with Gasteiger partial charge in [-0.05, 0) is 65.8 Å². The maximum atomic E-state index is 8.95. The van der Waals surface area contributed by atoms with Crippen molar-refractivity contribution in [3.05, 3.63) is 96.3 Å². The van der Waals surface area contributed by atoms with Crippen LogP contribution in [0, 0.1) is 6.92 Å². The van der Waals surface area contributed by atoms with Gasteiger partial charge in [0.2, 0.25) is 5.69 Å². The Hall–Kier alpha value is -3.98. The average molecular weight is 485 g/mol. The zero-order chi connectivity index (χ0) is 25.9. The molecule has 1 aliphatic rings. The molecule has 3 heteroatoms. The molecular weight excluding hydrogens is 452 g/mol. The van der Waals surface area contributed by atoms with Crippen LogP contribution in [0.15, 0.2) is 89.6 Å². The van der Waals surface area contributed by atoms with Crippen LogP contribution in [0.2, 0.25) is 0 Å². The Bertz CT molecular complexity index is 1830. The van der Waals surface area contributed by atoms with Crippen molar-refractivity contribution in [2.75, 3.05) is 0 Å². The van der Waals surface area contributed by atoms with Crippen LogP contribution in [0.5, 0.6) is 0 Å². The van der Waals surface area contributed by atoms with E-state index in [1.165, 1.54) is 22.8 Å². The van der Waals surface area contributed by atoms with Crippen LogP contribution < -0.4 is 4.57 Å². The normalized spacial score (nSPS) is 15.9. The van der Waals surface area contributed by atoms with E-state index in [1.807, 2.05) is 6.20 Å². The van der Waals surface area contributed by atoms with E-state index in [1.54, 1.807) is 0 Å². The van der Waals surface area contributed by atoms with Crippen LogP contribution >= 0.6 is 0 Å². The van der Waals surface area contributed by atoms with Crippen LogP contribution in [-0.4, -0.2) is 4.98 Å². The molecule has 1 fully saturated rings. The minimum Gasteiger partial charge on any atom is -0.455 e. The van der Waals surface area contributed by atoms with Crippen LogP contribution in [0.25, 0.3) is 55.2 Å². The lowest BCUT2D eigenvalue weighted by Gasteiger charge is -2.21. The number of hydrogen-bond acceptors (Lipinski definition) is 2. The van der Waals surface area contributed by atoms with Gasteiger partial charge in [-0.1, -0.05) is 61.7 Å².